The molecule has 0 bridgehead atoms. The predicted molar refractivity (Wildman–Crippen MR) is 99.2 cm³/mol. The fourth-order valence-corrected chi connectivity index (χ4v) is 3.44. The summed E-state index contributed by atoms with van der Waals surface area (Å²) in [7, 11) is -3.72. The van der Waals surface area contributed by atoms with E-state index >= 15 is 0 Å². The Morgan fingerprint density at radius 3 is 2.69 bits per heavy atom. The zero-order valence-electron chi connectivity index (χ0n) is 14.6. The lowest BCUT2D eigenvalue weighted by Crippen LogP contribution is -2.42. The number of sulfonamides is 1. The highest BCUT2D eigenvalue weighted by Gasteiger charge is 2.27. The third-order valence-corrected chi connectivity index (χ3v) is 5.43. The Morgan fingerprint density at radius 1 is 1.27 bits per heavy atom. The number of rotatable bonds is 5. The maximum absolute atomic E-state index is 11.4. The Morgan fingerprint density at radius 2 is 2.00 bits per heavy atom. The molecule has 1 saturated heterocycles. The van der Waals surface area contributed by atoms with Crippen LogP contribution in [0.4, 0.5) is 11.6 Å². The molecule has 0 amide bonds. The molecule has 1 fully saturated rings. The van der Waals surface area contributed by atoms with E-state index in [1.807, 2.05) is 19.1 Å². The minimum absolute atomic E-state index is 0.0838. The molecular formula is C17H23N5O3S. The third-order valence-electron chi connectivity index (χ3n) is 4.52. The smallest absolute Gasteiger partial charge is 0.238 e. The zero-order chi connectivity index (χ0) is 18.8. The van der Waals surface area contributed by atoms with E-state index in [-0.39, 0.29) is 4.90 Å². The van der Waals surface area contributed by atoms with Gasteiger partial charge < -0.3 is 15.3 Å². The van der Waals surface area contributed by atoms with E-state index in [1.54, 1.807) is 6.07 Å². The van der Waals surface area contributed by atoms with E-state index in [9.17, 15) is 13.5 Å². The molecule has 1 aromatic heterocycles. The van der Waals surface area contributed by atoms with Gasteiger partial charge in [0.1, 0.15) is 18.0 Å². The van der Waals surface area contributed by atoms with Crippen LogP contribution >= 0.6 is 0 Å². The molecule has 140 valence electrons. The van der Waals surface area contributed by atoms with E-state index in [4.69, 9.17) is 5.14 Å². The molecule has 1 aliphatic rings. The van der Waals surface area contributed by atoms with Crippen molar-refractivity contribution in [2.24, 2.45) is 5.14 Å². The summed E-state index contributed by atoms with van der Waals surface area (Å²) in [6, 6.07) is 8.33. The van der Waals surface area contributed by atoms with Crippen molar-refractivity contribution in [2.75, 3.05) is 23.3 Å². The largest absolute Gasteiger partial charge is 0.390 e. The van der Waals surface area contributed by atoms with Gasteiger partial charge in [0.15, 0.2) is 0 Å². The number of anilines is 2. The van der Waals surface area contributed by atoms with Gasteiger partial charge in [-0.2, -0.15) is 0 Å². The first-order chi connectivity index (χ1) is 12.2. The molecule has 0 unspecified atom stereocenters. The highest BCUT2D eigenvalue weighted by Crippen LogP contribution is 2.25. The molecule has 1 aromatic carbocycles. The van der Waals surface area contributed by atoms with Gasteiger partial charge in [-0.1, -0.05) is 12.1 Å². The van der Waals surface area contributed by atoms with Gasteiger partial charge in [-0.3, -0.25) is 0 Å². The van der Waals surface area contributed by atoms with Gasteiger partial charge in [-0.15, -0.1) is 0 Å². The monoisotopic (exact) mass is 377 g/mol. The normalized spacial score (nSPS) is 17.1. The number of piperidine rings is 1. The van der Waals surface area contributed by atoms with Crippen molar-refractivity contribution in [1.29, 1.82) is 0 Å². The van der Waals surface area contributed by atoms with Crippen molar-refractivity contribution < 1.29 is 13.5 Å². The van der Waals surface area contributed by atoms with Crippen molar-refractivity contribution in [1.82, 2.24) is 9.97 Å². The lowest BCUT2D eigenvalue weighted by Gasteiger charge is -2.36. The lowest BCUT2D eigenvalue weighted by molar-refractivity contribution is 0.0350. The number of nitrogens with one attached hydrogen (secondary N) is 1. The molecule has 4 N–H and O–H groups in total. The first-order valence-electron chi connectivity index (χ1n) is 8.38. The van der Waals surface area contributed by atoms with Crippen LogP contribution in [-0.2, 0) is 16.6 Å². The molecule has 3 rings (SSSR count). The Kier molecular flexibility index (Phi) is 5.12. The fourth-order valence-electron chi connectivity index (χ4n) is 2.86. The topological polar surface area (TPSA) is 121 Å². The second kappa shape index (κ2) is 7.18. The van der Waals surface area contributed by atoms with Crippen molar-refractivity contribution >= 4 is 21.7 Å². The molecule has 1 aliphatic heterocycles. The first-order valence-corrected chi connectivity index (χ1v) is 9.93. The Hall–Kier alpha value is -2.23. The van der Waals surface area contributed by atoms with Crippen LogP contribution in [0.2, 0.25) is 0 Å². The van der Waals surface area contributed by atoms with Crippen LogP contribution in [0.3, 0.4) is 0 Å². The molecule has 0 aliphatic carbocycles. The van der Waals surface area contributed by atoms with Gasteiger partial charge in [0, 0.05) is 25.7 Å². The summed E-state index contributed by atoms with van der Waals surface area (Å²) in [5.74, 6) is 1.45. The van der Waals surface area contributed by atoms with Crippen LogP contribution in [0.25, 0.3) is 0 Å². The fraction of sp³-hybridized carbons (Fsp3) is 0.412. The quantitative estimate of drug-likeness (QED) is 0.713. The maximum Gasteiger partial charge on any atom is 0.238 e. The number of nitrogens with zero attached hydrogens (tertiary/aromatic N) is 3. The number of hydrogen-bond acceptors (Lipinski definition) is 7. The number of benzene rings is 1. The Labute approximate surface area is 153 Å². The molecule has 2 aromatic rings. The van der Waals surface area contributed by atoms with Crippen LogP contribution in [0.5, 0.6) is 0 Å². The van der Waals surface area contributed by atoms with Gasteiger partial charge in [0.05, 0.1) is 10.5 Å². The Bertz CT molecular complexity index is 875. The third kappa shape index (κ3) is 4.69. The average molecular weight is 377 g/mol. The summed E-state index contributed by atoms with van der Waals surface area (Å²) in [4.78, 5) is 10.7. The lowest BCUT2D eigenvalue weighted by atomic mass is 9.94. The maximum atomic E-state index is 11.4. The highest BCUT2D eigenvalue weighted by atomic mass is 32.2. The minimum Gasteiger partial charge on any atom is -0.390 e. The molecule has 26 heavy (non-hydrogen) atoms. The molecule has 0 atom stereocenters. The zero-order valence-corrected chi connectivity index (χ0v) is 15.4. The van der Waals surface area contributed by atoms with Crippen LogP contribution in [-0.4, -0.2) is 42.2 Å². The number of aliphatic hydroxyl groups is 1. The summed E-state index contributed by atoms with van der Waals surface area (Å²) in [6.07, 6.45) is 2.88. The van der Waals surface area contributed by atoms with E-state index in [1.165, 1.54) is 18.5 Å². The van der Waals surface area contributed by atoms with Crippen molar-refractivity contribution in [3.05, 3.63) is 42.2 Å². The van der Waals surface area contributed by atoms with Crippen LogP contribution in [0, 0.1) is 0 Å². The number of aromatic nitrogens is 2. The molecule has 0 radical (unpaired) electrons. The molecule has 0 spiro atoms. The first kappa shape index (κ1) is 18.6. The SMILES string of the molecule is CC1(O)CCN(c2cc(NCc3cccc(S(N)(=O)=O)c3)ncn2)CC1. The number of nitrogens with two attached hydrogens (primary N) is 1. The van der Waals surface area contributed by atoms with Crippen LogP contribution < -0.4 is 15.4 Å². The van der Waals surface area contributed by atoms with Gasteiger partial charge in [0.2, 0.25) is 10.0 Å². The molecule has 2 heterocycles. The molecule has 8 nitrogen and oxygen atoms in total. The van der Waals surface area contributed by atoms with Gasteiger partial charge in [0.25, 0.3) is 0 Å². The van der Waals surface area contributed by atoms with Gasteiger partial charge in [-0.05, 0) is 37.5 Å². The summed E-state index contributed by atoms with van der Waals surface area (Å²) in [5, 5.41) is 18.4. The van der Waals surface area contributed by atoms with Crippen molar-refractivity contribution in [3.8, 4) is 0 Å². The second-order valence-corrected chi connectivity index (χ2v) is 8.35. The van der Waals surface area contributed by atoms with Crippen molar-refractivity contribution in [3.63, 3.8) is 0 Å². The van der Waals surface area contributed by atoms with Crippen LogP contribution in [0.1, 0.15) is 25.3 Å². The number of primary sulfonamides is 1. The van der Waals surface area contributed by atoms with Gasteiger partial charge >= 0.3 is 0 Å². The predicted octanol–water partition coefficient (Wildman–Crippen LogP) is 1.09. The average Bonchev–Trinajstić information content (AvgIpc) is 2.60. The summed E-state index contributed by atoms with van der Waals surface area (Å²) in [5.41, 5.74) is 0.171. The van der Waals surface area contributed by atoms with Crippen molar-refractivity contribution in [2.45, 2.75) is 36.8 Å². The molecule has 9 heteroatoms. The van der Waals surface area contributed by atoms with E-state index in [0.717, 1.165) is 24.5 Å². The number of hydrogen-bond donors (Lipinski definition) is 3. The standard InChI is InChI=1S/C17H23N5O3S/c1-17(23)5-7-22(8-6-17)16-10-15(20-12-21-16)19-11-13-3-2-4-14(9-13)26(18,24)25/h2-4,9-10,12,23H,5-8,11H2,1H3,(H2,18,24,25)(H,19,20,21). The molecular weight excluding hydrogens is 354 g/mol. The van der Waals surface area contributed by atoms with E-state index in [2.05, 4.69) is 20.2 Å². The highest BCUT2D eigenvalue weighted by molar-refractivity contribution is 7.89. The van der Waals surface area contributed by atoms with Crippen LogP contribution in [0.15, 0.2) is 41.6 Å². The van der Waals surface area contributed by atoms with Gasteiger partial charge in [-0.25, -0.2) is 23.5 Å². The molecule has 0 saturated carbocycles. The summed E-state index contributed by atoms with van der Waals surface area (Å²) in [6.45, 7) is 3.74. The summed E-state index contributed by atoms with van der Waals surface area (Å²) < 4.78 is 22.9. The summed E-state index contributed by atoms with van der Waals surface area (Å²) >= 11 is 0. The second-order valence-electron chi connectivity index (χ2n) is 6.79. The minimum atomic E-state index is -3.72. The van der Waals surface area contributed by atoms with E-state index in [0.29, 0.717) is 25.2 Å². The van der Waals surface area contributed by atoms with E-state index < -0.39 is 15.6 Å². The Balaban J connectivity index is 1.66.